The molecule has 0 rings (SSSR count). The van der Waals surface area contributed by atoms with Gasteiger partial charge in [-0.3, -0.25) is 9.36 Å². The number of phosphoric ester groups is 1. The molecule has 0 saturated carbocycles. The Hall–Kier alpha value is -1.28. The van der Waals surface area contributed by atoms with Crippen molar-refractivity contribution in [1.29, 1.82) is 0 Å². The lowest BCUT2D eigenvalue weighted by Crippen LogP contribution is -2.45. The number of carbonyl (C=O) groups excluding carboxylic acids is 1. The Labute approximate surface area is 506 Å². The zero-order chi connectivity index (χ0) is 59.1. The van der Waals surface area contributed by atoms with Gasteiger partial charge >= 0.3 is 0 Å². The molecule has 0 aliphatic carbocycles. The number of aliphatic hydroxyl groups is 1. The largest absolute Gasteiger partial charge is 0.756 e. The molecule has 8 nitrogen and oxygen atoms in total. The molecule has 0 heterocycles. The van der Waals surface area contributed by atoms with Gasteiger partial charge in [-0.05, 0) is 51.4 Å². The van der Waals surface area contributed by atoms with Crippen LogP contribution in [0.4, 0.5) is 0 Å². The lowest BCUT2D eigenvalue weighted by Gasteiger charge is -2.29. The zero-order valence-electron chi connectivity index (χ0n) is 55.0. The fourth-order valence-corrected chi connectivity index (χ4v) is 11.7. The van der Waals surface area contributed by atoms with E-state index in [-0.39, 0.29) is 19.1 Å². The van der Waals surface area contributed by atoms with E-state index in [0.717, 1.165) is 44.9 Å². The third-order valence-corrected chi connectivity index (χ3v) is 17.6. The van der Waals surface area contributed by atoms with Crippen LogP contribution < -0.4 is 10.2 Å². The van der Waals surface area contributed by atoms with Crippen LogP contribution in [0.2, 0.25) is 0 Å². The first-order valence-electron chi connectivity index (χ1n) is 35.9. The first kappa shape index (κ1) is 79.7. The maximum atomic E-state index is 13.0. The maximum absolute atomic E-state index is 13.0. The van der Waals surface area contributed by atoms with Crippen LogP contribution in [0.25, 0.3) is 0 Å². The highest BCUT2D eigenvalue weighted by Crippen LogP contribution is 2.38. The van der Waals surface area contributed by atoms with Crippen molar-refractivity contribution in [1.82, 2.24) is 5.32 Å². The van der Waals surface area contributed by atoms with Crippen molar-refractivity contribution in [2.75, 3.05) is 40.9 Å². The van der Waals surface area contributed by atoms with E-state index in [1.54, 1.807) is 6.08 Å². The number of hydrogen-bond donors (Lipinski definition) is 2. The lowest BCUT2D eigenvalue weighted by atomic mass is 10.0. The summed E-state index contributed by atoms with van der Waals surface area (Å²) in [6.45, 7) is 4.70. The Morgan fingerprint density at radius 3 is 1.02 bits per heavy atom. The summed E-state index contributed by atoms with van der Waals surface area (Å²) in [6, 6.07) is -0.886. The molecule has 0 fully saturated rings. The van der Waals surface area contributed by atoms with E-state index >= 15 is 0 Å². The number of rotatable bonds is 67. The standard InChI is InChI=1S/C72H141N2O6P/c1-6-8-10-12-14-16-18-20-22-24-26-28-30-32-34-35-36-37-38-39-40-42-44-46-48-50-52-54-56-58-60-62-64-66-72(76)73-70(69-80-81(77,78)79-68-67-74(3,4)5)71(75)65-63-61-59-57-55-53-51-49-47-45-43-41-33-31-29-27-25-23-21-19-17-15-13-11-9-7-2/h18,20,24,26,63,65,70-71,75H,6-17,19,21-23,25,27-62,64,66-69H2,1-5H3,(H-,73,76,77,78)/b20-18-,26-24-,65-63+. The van der Waals surface area contributed by atoms with Crippen LogP contribution in [-0.2, 0) is 18.4 Å². The molecule has 0 aliphatic heterocycles. The van der Waals surface area contributed by atoms with Gasteiger partial charge in [0.2, 0.25) is 5.91 Å². The minimum absolute atomic E-state index is 0.00131. The molecule has 81 heavy (non-hydrogen) atoms. The van der Waals surface area contributed by atoms with Crippen molar-refractivity contribution in [2.45, 2.75) is 379 Å². The van der Waals surface area contributed by atoms with Crippen molar-refractivity contribution in [3.63, 3.8) is 0 Å². The van der Waals surface area contributed by atoms with Gasteiger partial charge in [0.25, 0.3) is 7.82 Å². The van der Waals surface area contributed by atoms with Gasteiger partial charge < -0.3 is 28.8 Å². The number of hydrogen-bond acceptors (Lipinski definition) is 6. The second kappa shape index (κ2) is 63.2. The Morgan fingerprint density at radius 2 is 0.716 bits per heavy atom. The summed E-state index contributed by atoms with van der Waals surface area (Å²) >= 11 is 0. The smallest absolute Gasteiger partial charge is 0.268 e. The van der Waals surface area contributed by atoms with E-state index < -0.39 is 20.0 Å². The number of nitrogens with one attached hydrogen (secondary N) is 1. The van der Waals surface area contributed by atoms with Crippen LogP contribution >= 0.6 is 7.82 Å². The average molecular weight is 1160 g/mol. The Morgan fingerprint density at radius 1 is 0.432 bits per heavy atom. The number of likely N-dealkylation sites (N-methyl/N-ethyl adjacent to an activating group) is 1. The number of quaternary nitrogens is 1. The minimum atomic E-state index is -4.60. The summed E-state index contributed by atoms with van der Waals surface area (Å²) in [5.41, 5.74) is 0. The van der Waals surface area contributed by atoms with Crippen molar-refractivity contribution in [3.8, 4) is 0 Å². The Bertz CT molecular complexity index is 1410. The molecule has 1 amide bonds. The molecule has 0 bridgehead atoms. The molecule has 9 heteroatoms. The molecule has 0 aromatic rings. The molecular weight excluding hydrogens is 1020 g/mol. The summed E-state index contributed by atoms with van der Waals surface area (Å²) in [7, 11) is 1.28. The van der Waals surface area contributed by atoms with Crippen LogP contribution in [0.1, 0.15) is 367 Å². The van der Waals surface area contributed by atoms with E-state index in [9.17, 15) is 19.4 Å². The van der Waals surface area contributed by atoms with Gasteiger partial charge in [-0.1, -0.05) is 346 Å². The van der Waals surface area contributed by atoms with E-state index in [2.05, 4.69) is 43.5 Å². The topological polar surface area (TPSA) is 108 Å². The zero-order valence-corrected chi connectivity index (χ0v) is 55.9. The number of nitrogens with zero attached hydrogens (tertiary/aromatic N) is 1. The molecule has 3 atom stereocenters. The summed E-state index contributed by atoms with van der Waals surface area (Å²) in [5.74, 6) is -0.189. The van der Waals surface area contributed by atoms with Crippen molar-refractivity contribution in [2.24, 2.45) is 0 Å². The summed E-state index contributed by atoms with van der Waals surface area (Å²) < 4.78 is 23.5. The van der Waals surface area contributed by atoms with Crippen LogP contribution in [0.15, 0.2) is 36.5 Å². The molecule has 0 aromatic carbocycles. The van der Waals surface area contributed by atoms with Gasteiger partial charge in [0.15, 0.2) is 0 Å². The second-order valence-electron chi connectivity index (χ2n) is 25.9. The number of carbonyl (C=O) groups is 1. The van der Waals surface area contributed by atoms with Crippen LogP contribution in [0.3, 0.4) is 0 Å². The molecule has 3 unspecified atom stereocenters. The maximum Gasteiger partial charge on any atom is 0.268 e. The van der Waals surface area contributed by atoms with Gasteiger partial charge in [-0.2, -0.15) is 0 Å². The molecule has 0 aliphatic rings. The van der Waals surface area contributed by atoms with E-state index in [1.807, 2.05) is 27.2 Å². The first-order valence-corrected chi connectivity index (χ1v) is 37.3. The van der Waals surface area contributed by atoms with Crippen molar-refractivity contribution < 1.29 is 32.9 Å². The number of amides is 1. The second-order valence-corrected chi connectivity index (χ2v) is 27.4. The van der Waals surface area contributed by atoms with Crippen LogP contribution in [0.5, 0.6) is 0 Å². The summed E-state index contributed by atoms with van der Waals surface area (Å²) in [4.78, 5) is 25.6. The lowest BCUT2D eigenvalue weighted by molar-refractivity contribution is -0.870. The molecule has 0 spiro atoms. The Balaban J connectivity index is 4.01. The third-order valence-electron chi connectivity index (χ3n) is 16.6. The van der Waals surface area contributed by atoms with E-state index in [0.29, 0.717) is 17.4 Å². The molecule has 0 radical (unpaired) electrons. The first-order chi connectivity index (χ1) is 39.5. The average Bonchev–Trinajstić information content (AvgIpc) is 3.43. The monoisotopic (exact) mass is 1160 g/mol. The predicted molar refractivity (Wildman–Crippen MR) is 353 cm³/mol. The van der Waals surface area contributed by atoms with Crippen LogP contribution in [0, 0.1) is 0 Å². The number of allylic oxidation sites excluding steroid dienone is 5. The number of phosphoric acid groups is 1. The summed E-state index contributed by atoms with van der Waals surface area (Å²) in [5, 5.41) is 14.0. The predicted octanol–water partition coefficient (Wildman–Crippen LogP) is 22.2. The molecule has 480 valence electrons. The van der Waals surface area contributed by atoms with E-state index in [1.165, 1.54) is 302 Å². The molecule has 2 N–H and O–H groups in total. The third kappa shape index (κ3) is 66.1. The van der Waals surface area contributed by atoms with Gasteiger partial charge in [-0.15, -0.1) is 0 Å². The van der Waals surface area contributed by atoms with Gasteiger partial charge in [-0.25, -0.2) is 0 Å². The number of unbranched alkanes of at least 4 members (excludes halogenated alkanes) is 50. The highest BCUT2D eigenvalue weighted by atomic mass is 31.2. The molecular formula is C72H141N2O6P. The Kier molecular flexibility index (Phi) is 62.2. The van der Waals surface area contributed by atoms with E-state index in [4.69, 9.17) is 9.05 Å². The highest BCUT2D eigenvalue weighted by Gasteiger charge is 2.23. The van der Waals surface area contributed by atoms with Crippen molar-refractivity contribution >= 4 is 13.7 Å². The highest BCUT2D eigenvalue weighted by molar-refractivity contribution is 7.45. The van der Waals surface area contributed by atoms with Crippen molar-refractivity contribution in [3.05, 3.63) is 36.5 Å². The van der Waals surface area contributed by atoms with Gasteiger partial charge in [0, 0.05) is 6.42 Å². The molecule has 0 saturated heterocycles. The quantitative estimate of drug-likeness (QED) is 0.0272. The molecule has 0 aromatic heterocycles. The van der Waals surface area contributed by atoms with Gasteiger partial charge in [0.1, 0.15) is 13.2 Å². The number of aliphatic hydroxyl groups excluding tert-OH is 1. The fourth-order valence-electron chi connectivity index (χ4n) is 11.0. The minimum Gasteiger partial charge on any atom is -0.756 e. The normalized spacial score (nSPS) is 13.8. The van der Waals surface area contributed by atoms with Gasteiger partial charge in [0.05, 0.1) is 39.9 Å². The summed E-state index contributed by atoms with van der Waals surface area (Å²) in [6.07, 6.45) is 84.1. The fraction of sp³-hybridized carbons (Fsp3) is 0.903. The SMILES string of the molecule is CCCCCCC/C=C\C/C=C\CCCCCCCCCCCCCCCCCCCCCCCC(=O)NC(COP(=O)([O-])OCC[N+](C)(C)C)C(O)/C=C/CCCCCCCCCCCCCCCCCCCCCCCCCC. The van der Waals surface area contributed by atoms with Crippen LogP contribution in [-0.4, -0.2) is 68.5 Å².